The molecule has 1 saturated heterocycles. The Kier molecular flexibility index (Phi) is 4.99. The summed E-state index contributed by atoms with van der Waals surface area (Å²) in [6, 6.07) is 8.26. The summed E-state index contributed by atoms with van der Waals surface area (Å²) in [6.07, 6.45) is 0.764. The van der Waals surface area contributed by atoms with Gasteiger partial charge < -0.3 is 14.4 Å². The highest BCUT2D eigenvalue weighted by atomic mass is 16.6. The van der Waals surface area contributed by atoms with Crippen molar-refractivity contribution in [2.75, 3.05) is 20.2 Å². The van der Waals surface area contributed by atoms with Crippen molar-refractivity contribution < 1.29 is 14.3 Å². The first kappa shape index (κ1) is 16.7. The molecule has 1 heterocycles. The fourth-order valence-electron chi connectivity index (χ4n) is 2.98. The molecule has 22 heavy (non-hydrogen) atoms. The number of carbonyl (C=O) groups excluding carboxylic acids is 1. The summed E-state index contributed by atoms with van der Waals surface area (Å²) in [5.74, 6) is 1.77. The number of amides is 1. The Morgan fingerprint density at radius 3 is 2.36 bits per heavy atom. The standard InChI is InChI=1S/C18H27NO3/c1-13-12-19(17(20)22-18(2,3)4)11-10-16(13)14-6-8-15(21-5)9-7-14/h6-9,13,16H,10-12H2,1-5H3/t13-,16-/m0/s1. The Morgan fingerprint density at radius 2 is 1.86 bits per heavy atom. The van der Waals surface area contributed by atoms with Crippen molar-refractivity contribution >= 4 is 6.09 Å². The number of hydrogen-bond donors (Lipinski definition) is 0. The third-order valence-corrected chi connectivity index (χ3v) is 4.10. The number of benzene rings is 1. The summed E-state index contributed by atoms with van der Waals surface area (Å²) in [5.41, 5.74) is 0.879. The minimum absolute atomic E-state index is 0.201. The van der Waals surface area contributed by atoms with E-state index in [9.17, 15) is 4.79 Å². The second kappa shape index (κ2) is 6.59. The number of hydrogen-bond acceptors (Lipinski definition) is 3. The monoisotopic (exact) mass is 305 g/mol. The van der Waals surface area contributed by atoms with Crippen LogP contribution in [0.5, 0.6) is 5.75 Å². The molecule has 1 aliphatic rings. The number of ether oxygens (including phenoxy) is 2. The largest absolute Gasteiger partial charge is 0.497 e. The molecular weight excluding hydrogens is 278 g/mol. The van der Waals surface area contributed by atoms with Gasteiger partial charge in [0.15, 0.2) is 0 Å². The van der Waals surface area contributed by atoms with Crippen LogP contribution in [0.4, 0.5) is 4.79 Å². The van der Waals surface area contributed by atoms with E-state index in [2.05, 4.69) is 19.1 Å². The summed E-state index contributed by atoms with van der Waals surface area (Å²) in [7, 11) is 1.68. The van der Waals surface area contributed by atoms with Gasteiger partial charge in [-0.2, -0.15) is 0 Å². The molecular formula is C18H27NO3. The van der Waals surface area contributed by atoms with E-state index in [4.69, 9.17) is 9.47 Å². The molecule has 1 aromatic carbocycles. The lowest BCUT2D eigenvalue weighted by atomic mass is 9.82. The zero-order valence-corrected chi connectivity index (χ0v) is 14.3. The maximum absolute atomic E-state index is 12.2. The molecule has 0 radical (unpaired) electrons. The zero-order chi connectivity index (χ0) is 16.3. The summed E-state index contributed by atoms with van der Waals surface area (Å²) in [4.78, 5) is 14.0. The van der Waals surface area contributed by atoms with Gasteiger partial charge in [-0.1, -0.05) is 19.1 Å². The van der Waals surface area contributed by atoms with Crippen molar-refractivity contribution in [3.63, 3.8) is 0 Å². The Bertz CT molecular complexity index is 504. The number of piperidine rings is 1. The first-order chi connectivity index (χ1) is 10.3. The Hall–Kier alpha value is -1.71. The number of carbonyl (C=O) groups is 1. The summed E-state index contributed by atoms with van der Waals surface area (Å²) in [6.45, 7) is 9.39. The van der Waals surface area contributed by atoms with Crippen molar-refractivity contribution in [2.45, 2.75) is 45.6 Å². The van der Waals surface area contributed by atoms with E-state index >= 15 is 0 Å². The highest BCUT2D eigenvalue weighted by Crippen LogP contribution is 2.34. The van der Waals surface area contributed by atoms with Crippen LogP contribution < -0.4 is 4.74 Å². The molecule has 1 aromatic rings. The molecule has 1 fully saturated rings. The molecule has 0 bridgehead atoms. The molecule has 2 rings (SSSR count). The van der Waals surface area contributed by atoms with Crippen molar-refractivity contribution in [1.29, 1.82) is 0 Å². The number of methoxy groups -OCH3 is 1. The van der Waals surface area contributed by atoms with Gasteiger partial charge in [-0.05, 0) is 56.7 Å². The number of rotatable bonds is 2. The molecule has 122 valence electrons. The molecule has 1 aliphatic heterocycles. The first-order valence-corrected chi connectivity index (χ1v) is 7.92. The van der Waals surface area contributed by atoms with Crippen LogP contribution in [0.15, 0.2) is 24.3 Å². The van der Waals surface area contributed by atoms with Gasteiger partial charge in [-0.25, -0.2) is 4.79 Å². The predicted molar refractivity (Wildman–Crippen MR) is 87.3 cm³/mol. The van der Waals surface area contributed by atoms with E-state index in [1.165, 1.54) is 5.56 Å². The lowest BCUT2D eigenvalue weighted by Gasteiger charge is -2.37. The smallest absolute Gasteiger partial charge is 0.410 e. The van der Waals surface area contributed by atoms with Crippen LogP contribution in [0.2, 0.25) is 0 Å². The van der Waals surface area contributed by atoms with E-state index < -0.39 is 5.60 Å². The zero-order valence-electron chi connectivity index (χ0n) is 14.3. The number of likely N-dealkylation sites (tertiary alicyclic amines) is 1. The molecule has 0 saturated carbocycles. The Morgan fingerprint density at radius 1 is 1.23 bits per heavy atom. The predicted octanol–water partition coefficient (Wildman–Crippen LogP) is 4.06. The summed E-state index contributed by atoms with van der Waals surface area (Å²) in [5, 5.41) is 0. The average molecular weight is 305 g/mol. The van der Waals surface area contributed by atoms with Gasteiger partial charge in [-0.15, -0.1) is 0 Å². The molecule has 0 N–H and O–H groups in total. The molecule has 2 atom stereocenters. The third-order valence-electron chi connectivity index (χ3n) is 4.10. The van der Waals surface area contributed by atoms with Crippen molar-refractivity contribution in [2.24, 2.45) is 5.92 Å². The van der Waals surface area contributed by atoms with Gasteiger partial charge in [0.1, 0.15) is 11.4 Å². The van der Waals surface area contributed by atoms with Gasteiger partial charge >= 0.3 is 6.09 Å². The average Bonchev–Trinajstić information content (AvgIpc) is 2.45. The second-order valence-electron chi connectivity index (χ2n) is 7.07. The molecule has 0 aromatic heterocycles. The molecule has 4 heteroatoms. The fraction of sp³-hybridized carbons (Fsp3) is 0.611. The topological polar surface area (TPSA) is 38.8 Å². The summed E-state index contributed by atoms with van der Waals surface area (Å²) < 4.78 is 10.7. The second-order valence-corrected chi connectivity index (χ2v) is 7.07. The van der Waals surface area contributed by atoms with E-state index in [1.807, 2.05) is 37.8 Å². The SMILES string of the molecule is COc1ccc([C@H]2CCN(C(=O)OC(C)(C)C)C[C@@H]2C)cc1. The van der Waals surface area contributed by atoms with Crippen molar-refractivity contribution in [3.05, 3.63) is 29.8 Å². The van der Waals surface area contributed by atoms with Crippen molar-refractivity contribution in [1.82, 2.24) is 4.90 Å². The van der Waals surface area contributed by atoms with Gasteiger partial charge in [-0.3, -0.25) is 0 Å². The van der Waals surface area contributed by atoms with Crippen molar-refractivity contribution in [3.8, 4) is 5.75 Å². The fourth-order valence-corrected chi connectivity index (χ4v) is 2.98. The molecule has 0 aliphatic carbocycles. The minimum atomic E-state index is -0.437. The minimum Gasteiger partial charge on any atom is -0.497 e. The lowest BCUT2D eigenvalue weighted by molar-refractivity contribution is 0.0155. The highest BCUT2D eigenvalue weighted by molar-refractivity contribution is 5.68. The molecule has 1 amide bonds. The van der Waals surface area contributed by atoms with Crippen LogP contribution in [0.25, 0.3) is 0 Å². The van der Waals surface area contributed by atoms with Gasteiger partial charge in [0.25, 0.3) is 0 Å². The van der Waals surface area contributed by atoms with Crippen LogP contribution in [-0.2, 0) is 4.74 Å². The molecule has 0 unspecified atom stereocenters. The van der Waals surface area contributed by atoms with Gasteiger partial charge in [0.05, 0.1) is 7.11 Å². The van der Waals surface area contributed by atoms with Crippen LogP contribution in [0.3, 0.4) is 0 Å². The maximum atomic E-state index is 12.2. The first-order valence-electron chi connectivity index (χ1n) is 7.92. The Balaban J connectivity index is 1.98. The van der Waals surface area contributed by atoms with Crippen LogP contribution in [-0.4, -0.2) is 36.8 Å². The van der Waals surface area contributed by atoms with Gasteiger partial charge in [0.2, 0.25) is 0 Å². The quantitative estimate of drug-likeness (QED) is 0.827. The number of nitrogens with zero attached hydrogens (tertiary/aromatic N) is 1. The third kappa shape index (κ3) is 4.15. The molecule has 4 nitrogen and oxygen atoms in total. The summed E-state index contributed by atoms with van der Waals surface area (Å²) >= 11 is 0. The van der Waals surface area contributed by atoms with E-state index in [-0.39, 0.29) is 6.09 Å². The maximum Gasteiger partial charge on any atom is 0.410 e. The Labute approximate surface area is 133 Å². The lowest BCUT2D eigenvalue weighted by Crippen LogP contribution is -2.44. The van der Waals surface area contributed by atoms with Crippen LogP contribution in [0.1, 0.15) is 45.6 Å². The highest BCUT2D eigenvalue weighted by Gasteiger charge is 2.31. The van der Waals surface area contributed by atoms with E-state index in [1.54, 1.807) is 7.11 Å². The van der Waals surface area contributed by atoms with Crippen LogP contribution in [0, 0.1) is 5.92 Å². The van der Waals surface area contributed by atoms with Crippen LogP contribution >= 0.6 is 0 Å². The van der Waals surface area contributed by atoms with Gasteiger partial charge in [0, 0.05) is 13.1 Å². The molecule has 0 spiro atoms. The normalized spacial score (nSPS) is 22.3. The van der Waals surface area contributed by atoms with E-state index in [0.29, 0.717) is 11.8 Å². The van der Waals surface area contributed by atoms with E-state index in [0.717, 1.165) is 25.3 Å².